The van der Waals surface area contributed by atoms with Crippen LogP contribution in [0.5, 0.6) is 0 Å². The Kier molecular flexibility index (Phi) is 4.54. The molecule has 0 aromatic carbocycles. The first-order chi connectivity index (χ1) is 6.29. The number of aliphatic carboxylic acids is 1. The lowest BCUT2D eigenvalue weighted by atomic mass is 10.0. The van der Waals surface area contributed by atoms with Gasteiger partial charge in [-0.1, -0.05) is 6.08 Å². The molecule has 1 N–H and O–H groups in total. The van der Waals surface area contributed by atoms with Crippen LogP contribution in [0.15, 0.2) is 11.6 Å². The van der Waals surface area contributed by atoms with Crippen molar-refractivity contribution in [3.8, 4) is 0 Å². The molecule has 0 saturated carbocycles. The molecule has 0 spiro atoms. The summed E-state index contributed by atoms with van der Waals surface area (Å²) in [6, 6.07) is 0. The van der Waals surface area contributed by atoms with Crippen LogP contribution in [0.25, 0.3) is 0 Å². The molecule has 0 aromatic rings. The highest BCUT2D eigenvalue weighted by molar-refractivity contribution is 5.66. The molecule has 0 unspecified atom stereocenters. The smallest absolute Gasteiger partial charge is 0.305 e. The molecule has 0 amide bonds. The molecule has 1 aliphatic carbocycles. The minimum absolute atomic E-state index is 0.104. The second kappa shape index (κ2) is 5.75. The van der Waals surface area contributed by atoms with Gasteiger partial charge >= 0.3 is 5.97 Å². The third-order valence-corrected chi connectivity index (χ3v) is 2.13. The summed E-state index contributed by atoms with van der Waals surface area (Å²) in [7, 11) is 0. The van der Waals surface area contributed by atoms with Gasteiger partial charge in [-0.2, -0.15) is 0 Å². The number of carbonyl (C=O) groups is 1. The molecule has 13 heavy (non-hydrogen) atoms. The third-order valence-electron chi connectivity index (χ3n) is 2.13. The van der Waals surface area contributed by atoms with E-state index in [1.807, 2.05) is 0 Å². The summed E-state index contributed by atoms with van der Waals surface area (Å²) >= 11 is 0. The Balaban J connectivity index is 2.04. The lowest BCUT2D eigenvalue weighted by Gasteiger charge is -2.12. The monoisotopic (exact) mass is 184 g/mol. The predicted molar refractivity (Wildman–Crippen MR) is 49.6 cm³/mol. The van der Waals surface area contributed by atoms with E-state index in [-0.39, 0.29) is 6.42 Å². The number of rotatable bonds is 5. The number of hydrogen-bond donors (Lipinski definition) is 1. The van der Waals surface area contributed by atoms with Gasteiger partial charge in [0, 0.05) is 0 Å². The van der Waals surface area contributed by atoms with Crippen molar-refractivity contribution in [2.75, 3.05) is 13.2 Å². The number of ether oxygens (including phenoxy) is 1. The fourth-order valence-electron chi connectivity index (χ4n) is 1.40. The van der Waals surface area contributed by atoms with Crippen LogP contribution in [0.2, 0.25) is 0 Å². The van der Waals surface area contributed by atoms with E-state index in [9.17, 15) is 4.79 Å². The summed E-state index contributed by atoms with van der Waals surface area (Å²) in [5, 5.41) is 8.36. The zero-order valence-corrected chi connectivity index (χ0v) is 7.79. The highest BCUT2D eigenvalue weighted by atomic mass is 16.5. The molecule has 1 rings (SSSR count). The molecule has 0 atom stereocenters. The Hall–Kier alpha value is -0.830. The molecule has 0 aromatic heterocycles. The normalized spacial score (nSPS) is 16.8. The van der Waals surface area contributed by atoms with Crippen molar-refractivity contribution in [3.05, 3.63) is 11.6 Å². The van der Waals surface area contributed by atoms with Crippen molar-refractivity contribution < 1.29 is 14.6 Å². The van der Waals surface area contributed by atoms with Crippen LogP contribution < -0.4 is 0 Å². The first-order valence-corrected chi connectivity index (χ1v) is 4.76. The Morgan fingerprint density at radius 3 is 3.00 bits per heavy atom. The van der Waals surface area contributed by atoms with Crippen molar-refractivity contribution in [1.82, 2.24) is 0 Å². The highest BCUT2D eigenvalue weighted by Crippen LogP contribution is 2.17. The van der Waals surface area contributed by atoms with Gasteiger partial charge < -0.3 is 9.84 Å². The summed E-state index contributed by atoms with van der Waals surface area (Å²) < 4.78 is 5.23. The van der Waals surface area contributed by atoms with Crippen molar-refractivity contribution >= 4 is 5.97 Å². The molecular formula is C10H16O3. The van der Waals surface area contributed by atoms with Gasteiger partial charge in [0.05, 0.1) is 19.6 Å². The van der Waals surface area contributed by atoms with Crippen LogP contribution in [0.1, 0.15) is 32.1 Å². The van der Waals surface area contributed by atoms with Gasteiger partial charge in [0.2, 0.25) is 0 Å². The fraction of sp³-hybridized carbons (Fsp3) is 0.700. The molecule has 0 radical (unpaired) electrons. The van der Waals surface area contributed by atoms with E-state index in [0.717, 1.165) is 12.8 Å². The molecule has 3 nitrogen and oxygen atoms in total. The van der Waals surface area contributed by atoms with Crippen LogP contribution in [-0.4, -0.2) is 24.3 Å². The van der Waals surface area contributed by atoms with E-state index in [2.05, 4.69) is 6.08 Å². The second-order valence-corrected chi connectivity index (χ2v) is 3.30. The van der Waals surface area contributed by atoms with Crippen LogP contribution in [-0.2, 0) is 9.53 Å². The first kappa shape index (κ1) is 10.3. The van der Waals surface area contributed by atoms with Gasteiger partial charge in [-0.15, -0.1) is 0 Å². The van der Waals surface area contributed by atoms with Crippen LogP contribution in [0.3, 0.4) is 0 Å². The number of allylic oxidation sites excluding steroid dienone is 1. The van der Waals surface area contributed by atoms with E-state index in [1.165, 1.54) is 18.4 Å². The SMILES string of the molecule is O=C(O)CCOCC1=CCCCC1. The Morgan fingerprint density at radius 2 is 2.38 bits per heavy atom. The van der Waals surface area contributed by atoms with Gasteiger partial charge in [-0.3, -0.25) is 4.79 Å². The van der Waals surface area contributed by atoms with E-state index in [1.54, 1.807) is 0 Å². The van der Waals surface area contributed by atoms with E-state index in [4.69, 9.17) is 9.84 Å². The lowest BCUT2D eigenvalue weighted by molar-refractivity contribution is -0.138. The zero-order chi connectivity index (χ0) is 9.52. The summed E-state index contributed by atoms with van der Waals surface area (Å²) in [5.74, 6) is -0.794. The van der Waals surface area contributed by atoms with Crippen LogP contribution in [0, 0.1) is 0 Å². The molecule has 0 aliphatic heterocycles. The van der Waals surface area contributed by atoms with Crippen LogP contribution in [0.4, 0.5) is 0 Å². The summed E-state index contributed by atoms with van der Waals surface area (Å²) in [5.41, 5.74) is 1.33. The van der Waals surface area contributed by atoms with Gasteiger partial charge in [-0.05, 0) is 31.3 Å². The molecular weight excluding hydrogens is 168 g/mol. The van der Waals surface area contributed by atoms with E-state index >= 15 is 0 Å². The zero-order valence-electron chi connectivity index (χ0n) is 7.79. The van der Waals surface area contributed by atoms with E-state index in [0.29, 0.717) is 13.2 Å². The number of carboxylic acid groups (broad SMARTS) is 1. The first-order valence-electron chi connectivity index (χ1n) is 4.76. The fourth-order valence-corrected chi connectivity index (χ4v) is 1.40. The standard InChI is InChI=1S/C10H16O3/c11-10(12)6-7-13-8-9-4-2-1-3-5-9/h4H,1-3,5-8H2,(H,11,12). The second-order valence-electron chi connectivity index (χ2n) is 3.30. The molecule has 0 heterocycles. The summed E-state index contributed by atoms with van der Waals surface area (Å²) in [6.07, 6.45) is 7.11. The van der Waals surface area contributed by atoms with Gasteiger partial charge in [-0.25, -0.2) is 0 Å². The van der Waals surface area contributed by atoms with Crippen molar-refractivity contribution in [1.29, 1.82) is 0 Å². The molecule has 3 heteroatoms. The average molecular weight is 184 g/mol. The number of hydrogen-bond acceptors (Lipinski definition) is 2. The van der Waals surface area contributed by atoms with Crippen molar-refractivity contribution in [2.24, 2.45) is 0 Å². The maximum Gasteiger partial charge on any atom is 0.305 e. The highest BCUT2D eigenvalue weighted by Gasteiger charge is 2.03. The third kappa shape index (κ3) is 4.68. The van der Waals surface area contributed by atoms with Gasteiger partial charge in [0.25, 0.3) is 0 Å². The summed E-state index contributed by atoms with van der Waals surface area (Å²) in [6.45, 7) is 0.944. The van der Waals surface area contributed by atoms with Crippen molar-refractivity contribution in [3.63, 3.8) is 0 Å². The Morgan fingerprint density at radius 1 is 1.54 bits per heavy atom. The largest absolute Gasteiger partial charge is 0.481 e. The molecule has 1 aliphatic rings. The average Bonchev–Trinajstić information content (AvgIpc) is 2.14. The topological polar surface area (TPSA) is 46.5 Å². The molecule has 0 bridgehead atoms. The Labute approximate surface area is 78.4 Å². The van der Waals surface area contributed by atoms with Gasteiger partial charge in [0.15, 0.2) is 0 Å². The predicted octanol–water partition coefficient (Wildman–Crippen LogP) is 1.98. The number of carboxylic acids is 1. The van der Waals surface area contributed by atoms with Crippen molar-refractivity contribution in [2.45, 2.75) is 32.1 Å². The Bertz CT molecular complexity index is 196. The quantitative estimate of drug-likeness (QED) is 0.525. The maximum atomic E-state index is 10.2. The van der Waals surface area contributed by atoms with E-state index < -0.39 is 5.97 Å². The minimum Gasteiger partial charge on any atom is -0.481 e. The van der Waals surface area contributed by atoms with Crippen LogP contribution >= 0.6 is 0 Å². The minimum atomic E-state index is -0.794. The summed E-state index contributed by atoms with van der Waals surface area (Å²) in [4.78, 5) is 10.2. The van der Waals surface area contributed by atoms with Gasteiger partial charge in [0.1, 0.15) is 0 Å². The molecule has 0 saturated heterocycles. The lowest BCUT2D eigenvalue weighted by Crippen LogP contribution is -2.06. The maximum absolute atomic E-state index is 10.2. The molecule has 74 valence electrons. The molecule has 0 fully saturated rings.